The van der Waals surface area contributed by atoms with E-state index in [-0.39, 0.29) is 0 Å². The van der Waals surface area contributed by atoms with Crippen LogP contribution in [0.4, 0.5) is 0 Å². The maximum atomic E-state index is 4.51. The van der Waals surface area contributed by atoms with Gasteiger partial charge in [-0.15, -0.1) is 0 Å². The highest BCUT2D eigenvalue weighted by molar-refractivity contribution is 5.80. The van der Waals surface area contributed by atoms with Gasteiger partial charge in [0.15, 0.2) is 5.96 Å². The molecule has 0 amide bonds. The molecule has 0 radical (unpaired) electrons. The van der Waals surface area contributed by atoms with Crippen LogP contribution in [-0.4, -0.2) is 56.0 Å². The Labute approximate surface area is 134 Å². The Balaban J connectivity index is 1.56. The number of fused-ring (bicyclic) bond motifs is 1. The zero-order valence-corrected chi connectivity index (χ0v) is 13.9. The summed E-state index contributed by atoms with van der Waals surface area (Å²) in [6.07, 6.45) is 3.76. The number of rotatable bonds is 2. The van der Waals surface area contributed by atoms with Crippen LogP contribution in [0.3, 0.4) is 0 Å². The molecule has 0 bridgehead atoms. The Morgan fingerprint density at radius 2 is 2.09 bits per heavy atom. The fourth-order valence-corrected chi connectivity index (χ4v) is 3.68. The van der Waals surface area contributed by atoms with E-state index in [4.69, 9.17) is 0 Å². The molecule has 1 unspecified atom stereocenters. The minimum absolute atomic E-state index is 0.743. The second-order valence-electron chi connectivity index (χ2n) is 6.64. The minimum atomic E-state index is 0.743. The average molecular weight is 300 g/mol. The van der Waals surface area contributed by atoms with Crippen molar-refractivity contribution in [1.82, 2.24) is 15.1 Å². The topological polar surface area (TPSA) is 30.9 Å². The van der Waals surface area contributed by atoms with E-state index in [9.17, 15) is 0 Å². The summed E-state index contributed by atoms with van der Waals surface area (Å²) in [7, 11) is 4.12. The standard InChI is InChI=1S/C18H28N4/c1-19-18(20-12-15-6-5-10-21(2)13-15)22-11-9-16-7-3-4-8-17(16)14-22/h3-4,7-8,15H,5-6,9-14H2,1-2H3,(H,19,20). The third kappa shape index (κ3) is 3.61. The number of likely N-dealkylation sites (tertiary alicyclic amines) is 1. The highest BCUT2D eigenvalue weighted by Gasteiger charge is 2.21. The second-order valence-corrected chi connectivity index (χ2v) is 6.64. The van der Waals surface area contributed by atoms with Gasteiger partial charge in [0.05, 0.1) is 0 Å². The molecule has 0 spiro atoms. The van der Waals surface area contributed by atoms with Crippen molar-refractivity contribution in [1.29, 1.82) is 0 Å². The Morgan fingerprint density at radius 3 is 2.86 bits per heavy atom. The lowest BCUT2D eigenvalue weighted by Crippen LogP contribution is -2.47. The maximum Gasteiger partial charge on any atom is 0.193 e. The normalized spacial score (nSPS) is 23.3. The summed E-state index contributed by atoms with van der Waals surface area (Å²) in [5.41, 5.74) is 2.93. The number of nitrogens with one attached hydrogen (secondary N) is 1. The molecule has 2 heterocycles. The van der Waals surface area contributed by atoms with Gasteiger partial charge in [0.2, 0.25) is 0 Å². The predicted molar refractivity (Wildman–Crippen MR) is 92.1 cm³/mol. The molecule has 120 valence electrons. The molecule has 1 saturated heterocycles. The van der Waals surface area contributed by atoms with Crippen LogP contribution in [0.25, 0.3) is 0 Å². The van der Waals surface area contributed by atoms with Crippen molar-refractivity contribution in [3.63, 3.8) is 0 Å². The fraction of sp³-hybridized carbons (Fsp3) is 0.611. The van der Waals surface area contributed by atoms with Crippen LogP contribution in [0, 0.1) is 5.92 Å². The molecule has 1 N–H and O–H groups in total. The van der Waals surface area contributed by atoms with Crippen molar-refractivity contribution >= 4 is 5.96 Å². The zero-order valence-electron chi connectivity index (χ0n) is 13.9. The third-order valence-corrected chi connectivity index (χ3v) is 4.91. The van der Waals surface area contributed by atoms with E-state index in [0.717, 1.165) is 37.9 Å². The Kier molecular flexibility index (Phi) is 4.98. The van der Waals surface area contributed by atoms with Gasteiger partial charge in [-0.2, -0.15) is 0 Å². The van der Waals surface area contributed by atoms with Crippen molar-refractivity contribution in [2.75, 3.05) is 40.3 Å². The lowest BCUT2D eigenvalue weighted by Gasteiger charge is -2.34. The molecular weight excluding hydrogens is 272 g/mol. The van der Waals surface area contributed by atoms with Crippen LogP contribution in [-0.2, 0) is 13.0 Å². The van der Waals surface area contributed by atoms with Gasteiger partial charge in [-0.3, -0.25) is 4.99 Å². The monoisotopic (exact) mass is 300 g/mol. The maximum absolute atomic E-state index is 4.51. The van der Waals surface area contributed by atoms with E-state index in [1.807, 2.05) is 7.05 Å². The Morgan fingerprint density at radius 1 is 1.27 bits per heavy atom. The number of benzene rings is 1. The van der Waals surface area contributed by atoms with E-state index in [1.165, 1.54) is 37.1 Å². The molecular formula is C18H28N4. The lowest BCUT2D eigenvalue weighted by atomic mass is 9.98. The number of piperidine rings is 1. The first-order valence-corrected chi connectivity index (χ1v) is 8.47. The minimum Gasteiger partial charge on any atom is -0.356 e. The summed E-state index contributed by atoms with van der Waals surface area (Å²) >= 11 is 0. The molecule has 0 saturated carbocycles. The Bertz CT molecular complexity index is 526. The van der Waals surface area contributed by atoms with Crippen LogP contribution in [0.2, 0.25) is 0 Å². The van der Waals surface area contributed by atoms with E-state index in [2.05, 4.69) is 51.4 Å². The van der Waals surface area contributed by atoms with Gasteiger partial charge in [-0.1, -0.05) is 24.3 Å². The van der Waals surface area contributed by atoms with E-state index >= 15 is 0 Å². The van der Waals surface area contributed by atoms with Crippen LogP contribution in [0.5, 0.6) is 0 Å². The number of hydrogen-bond donors (Lipinski definition) is 1. The highest BCUT2D eigenvalue weighted by Crippen LogP contribution is 2.19. The molecule has 1 atom stereocenters. The molecule has 3 rings (SSSR count). The number of nitrogens with zero attached hydrogens (tertiary/aromatic N) is 3. The molecule has 4 heteroatoms. The van der Waals surface area contributed by atoms with Gasteiger partial charge in [-0.05, 0) is 49.9 Å². The van der Waals surface area contributed by atoms with E-state index in [1.54, 1.807) is 0 Å². The fourth-order valence-electron chi connectivity index (χ4n) is 3.68. The van der Waals surface area contributed by atoms with Gasteiger partial charge < -0.3 is 15.1 Å². The van der Waals surface area contributed by atoms with Crippen LogP contribution >= 0.6 is 0 Å². The summed E-state index contributed by atoms with van der Waals surface area (Å²) in [5.74, 6) is 1.80. The molecule has 1 aromatic carbocycles. The van der Waals surface area contributed by atoms with Crippen molar-refractivity contribution in [3.05, 3.63) is 35.4 Å². The molecule has 1 aromatic rings. The van der Waals surface area contributed by atoms with E-state index in [0.29, 0.717) is 0 Å². The van der Waals surface area contributed by atoms with Crippen LogP contribution < -0.4 is 5.32 Å². The first kappa shape index (κ1) is 15.3. The second kappa shape index (κ2) is 7.14. The molecule has 2 aliphatic heterocycles. The summed E-state index contributed by atoms with van der Waals surface area (Å²) in [6.45, 7) is 5.51. The van der Waals surface area contributed by atoms with Crippen molar-refractivity contribution in [2.24, 2.45) is 10.9 Å². The SMILES string of the molecule is CN=C(NCC1CCCN(C)C1)N1CCc2ccccc2C1. The Hall–Kier alpha value is -1.55. The lowest BCUT2D eigenvalue weighted by molar-refractivity contribution is 0.209. The summed E-state index contributed by atoms with van der Waals surface area (Å²) < 4.78 is 0. The highest BCUT2D eigenvalue weighted by atomic mass is 15.3. The molecule has 22 heavy (non-hydrogen) atoms. The average Bonchev–Trinajstić information content (AvgIpc) is 2.55. The van der Waals surface area contributed by atoms with Crippen LogP contribution in [0.1, 0.15) is 24.0 Å². The van der Waals surface area contributed by atoms with Crippen molar-refractivity contribution < 1.29 is 0 Å². The van der Waals surface area contributed by atoms with Gasteiger partial charge in [0, 0.05) is 33.2 Å². The zero-order chi connectivity index (χ0) is 15.4. The number of guanidine groups is 1. The summed E-state index contributed by atoms with van der Waals surface area (Å²) in [6, 6.07) is 8.77. The summed E-state index contributed by atoms with van der Waals surface area (Å²) in [5, 5.41) is 3.61. The van der Waals surface area contributed by atoms with Gasteiger partial charge >= 0.3 is 0 Å². The van der Waals surface area contributed by atoms with Crippen molar-refractivity contribution in [3.8, 4) is 0 Å². The third-order valence-electron chi connectivity index (χ3n) is 4.91. The van der Waals surface area contributed by atoms with Crippen molar-refractivity contribution in [2.45, 2.75) is 25.8 Å². The number of hydrogen-bond acceptors (Lipinski definition) is 2. The van der Waals surface area contributed by atoms with Gasteiger partial charge in [0.25, 0.3) is 0 Å². The smallest absolute Gasteiger partial charge is 0.193 e. The number of aliphatic imine (C=N–C) groups is 1. The summed E-state index contributed by atoms with van der Waals surface area (Å²) in [4.78, 5) is 9.33. The molecule has 0 aliphatic carbocycles. The first-order chi connectivity index (χ1) is 10.8. The van der Waals surface area contributed by atoms with Gasteiger partial charge in [0.1, 0.15) is 0 Å². The largest absolute Gasteiger partial charge is 0.356 e. The molecule has 0 aromatic heterocycles. The molecule has 4 nitrogen and oxygen atoms in total. The predicted octanol–water partition coefficient (Wildman–Crippen LogP) is 1.96. The van der Waals surface area contributed by atoms with E-state index < -0.39 is 0 Å². The first-order valence-electron chi connectivity index (χ1n) is 8.47. The quantitative estimate of drug-likeness (QED) is 0.669. The van der Waals surface area contributed by atoms with Gasteiger partial charge in [-0.25, -0.2) is 0 Å². The van der Waals surface area contributed by atoms with Crippen LogP contribution in [0.15, 0.2) is 29.3 Å². The molecule has 1 fully saturated rings. The molecule has 2 aliphatic rings.